The molecule has 0 saturated carbocycles. The first-order valence-corrected chi connectivity index (χ1v) is 7.52. The van der Waals surface area contributed by atoms with Crippen molar-refractivity contribution in [2.24, 2.45) is 5.73 Å². The van der Waals surface area contributed by atoms with Crippen LogP contribution in [0.3, 0.4) is 0 Å². The van der Waals surface area contributed by atoms with E-state index in [1.807, 2.05) is 19.1 Å². The quantitative estimate of drug-likeness (QED) is 0.759. The van der Waals surface area contributed by atoms with Crippen molar-refractivity contribution in [2.45, 2.75) is 32.1 Å². The third-order valence-electron chi connectivity index (χ3n) is 2.46. The summed E-state index contributed by atoms with van der Waals surface area (Å²) in [6, 6.07) is 5.44. The highest BCUT2D eigenvalue weighted by Gasteiger charge is 2.25. The zero-order valence-electron chi connectivity index (χ0n) is 10.4. The van der Waals surface area contributed by atoms with Gasteiger partial charge in [0.1, 0.15) is 5.25 Å². The number of aryl methyl sites for hydroxylation is 1. The Labute approximate surface area is 113 Å². The van der Waals surface area contributed by atoms with Gasteiger partial charge in [0.25, 0.3) is 0 Å². The lowest BCUT2D eigenvalue weighted by molar-refractivity contribution is 0.573. The predicted octanol–water partition coefficient (Wildman–Crippen LogP) is 0.874. The lowest BCUT2D eigenvalue weighted by atomic mass is 10.3. The zero-order valence-corrected chi connectivity index (χ0v) is 12.0. The standard InChI is InChI=1S/C11H17N3O2S2/c1-3-10(11(12)17)18(15,16)13-7-9-6-4-5-8(2)14-9/h4-6,10,13H,3,7H2,1-2H3,(H2,12,17). The van der Waals surface area contributed by atoms with Gasteiger partial charge in [-0.15, -0.1) is 0 Å². The van der Waals surface area contributed by atoms with E-state index in [0.29, 0.717) is 12.1 Å². The fourth-order valence-corrected chi connectivity index (χ4v) is 3.39. The molecule has 0 radical (unpaired) electrons. The molecule has 0 spiro atoms. The number of nitrogens with one attached hydrogen (secondary N) is 1. The van der Waals surface area contributed by atoms with E-state index in [1.54, 1.807) is 13.0 Å². The van der Waals surface area contributed by atoms with Gasteiger partial charge in [-0.2, -0.15) is 0 Å². The fourth-order valence-electron chi connectivity index (χ4n) is 1.55. The third kappa shape index (κ3) is 4.01. The minimum atomic E-state index is -3.54. The maximum atomic E-state index is 12.0. The van der Waals surface area contributed by atoms with Gasteiger partial charge in [0.15, 0.2) is 0 Å². The minimum absolute atomic E-state index is 0.0119. The number of thiocarbonyl (C=S) groups is 1. The Hall–Kier alpha value is -1.05. The summed E-state index contributed by atoms with van der Waals surface area (Å²) >= 11 is 4.76. The van der Waals surface area contributed by atoms with Gasteiger partial charge in [0.2, 0.25) is 10.0 Å². The molecule has 0 aromatic carbocycles. The molecule has 0 fully saturated rings. The topological polar surface area (TPSA) is 85.1 Å². The van der Waals surface area contributed by atoms with Crippen molar-refractivity contribution in [1.29, 1.82) is 0 Å². The molecule has 1 heterocycles. The number of rotatable bonds is 6. The van der Waals surface area contributed by atoms with Gasteiger partial charge >= 0.3 is 0 Å². The van der Waals surface area contributed by atoms with Gasteiger partial charge in [0, 0.05) is 5.69 Å². The van der Waals surface area contributed by atoms with Crippen molar-refractivity contribution < 1.29 is 8.42 Å². The number of nitrogens with zero attached hydrogens (tertiary/aromatic N) is 1. The summed E-state index contributed by atoms with van der Waals surface area (Å²) in [5, 5.41) is -0.836. The Balaban J connectivity index is 2.76. The number of hydrogen-bond donors (Lipinski definition) is 2. The molecule has 0 saturated heterocycles. The van der Waals surface area contributed by atoms with E-state index in [4.69, 9.17) is 18.0 Å². The number of pyridine rings is 1. The first kappa shape index (κ1) is 15.0. The van der Waals surface area contributed by atoms with Crippen molar-refractivity contribution in [3.63, 3.8) is 0 Å². The van der Waals surface area contributed by atoms with Crippen LogP contribution >= 0.6 is 12.2 Å². The summed E-state index contributed by atoms with van der Waals surface area (Å²) in [5.41, 5.74) is 6.93. The molecule has 18 heavy (non-hydrogen) atoms. The van der Waals surface area contributed by atoms with Crippen LogP contribution < -0.4 is 10.5 Å². The largest absolute Gasteiger partial charge is 0.392 e. The Morgan fingerprint density at radius 1 is 1.56 bits per heavy atom. The van der Waals surface area contributed by atoms with Gasteiger partial charge in [0.05, 0.1) is 17.2 Å². The number of aromatic nitrogens is 1. The molecule has 1 unspecified atom stereocenters. The highest BCUT2D eigenvalue weighted by molar-refractivity contribution is 7.93. The minimum Gasteiger partial charge on any atom is -0.392 e. The van der Waals surface area contributed by atoms with Crippen LogP contribution in [0.5, 0.6) is 0 Å². The van der Waals surface area contributed by atoms with Gasteiger partial charge in [-0.05, 0) is 25.5 Å². The molecular weight excluding hydrogens is 270 g/mol. The molecule has 0 aliphatic rings. The van der Waals surface area contributed by atoms with Crippen LogP contribution in [-0.4, -0.2) is 23.6 Å². The van der Waals surface area contributed by atoms with Crippen molar-refractivity contribution in [2.75, 3.05) is 0 Å². The molecule has 7 heteroatoms. The van der Waals surface area contributed by atoms with Gasteiger partial charge < -0.3 is 5.73 Å². The van der Waals surface area contributed by atoms with Crippen molar-refractivity contribution in [3.8, 4) is 0 Å². The summed E-state index contributed by atoms with van der Waals surface area (Å²) in [7, 11) is -3.54. The first-order valence-electron chi connectivity index (χ1n) is 5.57. The summed E-state index contributed by atoms with van der Waals surface area (Å²) in [6.07, 6.45) is 0.353. The predicted molar refractivity (Wildman–Crippen MR) is 75.6 cm³/mol. The van der Waals surface area contributed by atoms with E-state index in [1.165, 1.54) is 0 Å². The summed E-state index contributed by atoms with van der Waals surface area (Å²) in [5.74, 6) is 0. The third-order valence-corrected chi connectivity index (χ3v) is 4.78. The second kappa shape index (κ2) is 6.21. The summed E-state index contributed by atoms with van der Waals surface area (Å²) in [4.78, 5) is 4.20. The summed E-state index contributed by atoms with van der Waals surface area (Å²) < 4.78 is 26.4. The van der Waals surface area contributed by atoms with Gasteiger partial charge in [-0.25, -0.2) is 13.1 Å². The number of hydrogen-bond acceptors (Lipinski definition) is 4. The monoisotopic (exact) mass is 287 g/mol. The fraction of sp³-hybridized carbons (Fsp3) is 0.455. The Bertz CT molecular complexity index is 529. The Morgan fingerprint density at radius 2 is 2.22 bits per heavy atom. The molecule has 0 bridgehead atoms. The Morgan fingerprint density at radius 3 is 2.72 bits per heavy atom. The molecule has 0 aliphatic carbocycles. The Kier molecular flexibility index (Phi) is 5.18. The first-order chi connectivity index (χ1) is 8.36. The zero-order chi connectivity index (χ0) is 13.8. The van der Waals surface area contributed by atoms with Crippen molar-refractivity contribution >= 4 is 27.2 Å². The average Bonchev–Trinajstić information content (AvgIpc) is 2.26. The van der Waals surface area contributed by atoms with Crippen LogP contribution in [0.4, 0.5) is 0 Å². The maximum Gasteiger partial charge on any atom is 0.221 e. The molecule has 1 aromatic rings. The summed E-state index contributed by atoms with van der Waals surface area (Å²) in [6.45, 7) is 3.72. The second-order valence-corrected chi connectivity index (χ2v) is 6.35. The normalized spacial score (nSPS) is 13.2. The van der Waals surface area contributed by atoms with E-state index < -0.39 is 15.3 Å². The highest BCUT2D eigenvalue weighted by Crippen LogP contribution is 2.06. The lowest BCUT2D eigenvalue weighted by Crippen LogP contribution is -2.41. The molecule has 1 atom stereocenters. The van der Waals surface area contributed by atoms with Crippen LogP contribution in [0, 0.1) is 6.92 Å². The van der Waals surface area contributed by atoms with E-state index in [2.05, 4.69) is 9.71 Å². The van der Waals surface area contributed by atoms with Crippen molar-refractivity contribution in [3.05, 3.63) is 29.6 Å². The van der Waals surface area contributed by atoms with E-state index in [-0.39, 0.29) is 11.5 Å². The average molecular weight is 287 g/mol. The van der Waals surface area contributed by atoms with E-state index in [9.17, 15) is 8.42 Å². The molecule has 5 nitrogen and oxygen atoms in total. The van der Waals surface area contributed by atoms with Crippen LogP contribution in [0.2, 0.25) is 0 Å². The molecule has 1 aromatic heterocycles. The molecule has 1 rings (SSSR count). The van der Waals surface area contributed by atoms with Gasteiger partial charge in [-0.1, -0.05) is 25.2 Å². The van der Waals surface area contributed by atoms with Crippen LogP contribution in [0.1, 0.15) is 24.7 Å². The molecule has 0 aliphatic heterocycles. The van der Waals surface area contributed by atoms with E-state index in [0.717, 1.165) is 5.69 Å². The number of sulfonamides is 1. The molecular formula is C11H17N3O2S2. The molecule has 100 valence electrons. The lowest BCUT2D eigenvalue weighted by Gasteiger charge is -2.15. The van der Waals surface area contributed by atoms with Crippen molar-refractivity contribution in [1.82, 2.24) is 9.71 Å². The van der Waals surface area contributed by atoms with E-state index >= 15 is 0 Å². The second-order valence-electron chi connectivity index (χ2n) is 3.94. The van der Waals surface area contributed by atoms with Crippen LogP contribution in [-0.2, 0) is 16.6 Å². The smallest absolute Gasteiger partial charge is 0.221 e. The van der Waals surface area contributed by atoms with Gasteiger partial charge in [-0.3, -0.25) is 4.98 Å². The SMILES string of the molecule is CCC(C(N)=S)S(=O)(=O)NCc1cccc(C)n1. The van der Waals surface area contributed by atoms with Crippen LogP contribution in [0.15, 0.2) is 18.2 Å². The number of nitrogens with two attached hydrogens (primary N) is 1. The maximum absolute atomic E-state index is 12.0. The molecule has 0 amide bonds. The van der Waals surface area contributed by atoms with Crippen LogP contribution in [0.25, 0.3) is 0 Å². The highest BCUT2D eigenvalue weighted by atomic mass is 32.2. The molecule has 3 N–H and O–H groups in total.